The van der Waals surface area contributed by atoms with Crippen molar-refractivity contribution in [3.63, 3.8) is 0 Å². The first kappa shape index (κ1) is 18.2. The highest BCUT2D eigenvalue weighted by Gasteiger charge is 2.12. The lowest BCUT2D eigenvalue weighted by molar-refractivity contribution is 0.0950. The molecule has 4 aromatic rings. The van der Waals surface area contributed by atoms with Crippen molar-refractivity contribution in [2.75, 3.05) is 7.11 Å². The van der Waals surface area contributed by atoms with E-state index in [-0.39, 0.29) is 5.75 Å². The third-order valence-electron chi connectivity index (χ3n) is 4.47. The zero-order valence-corrected chi connectivity index (χ0v) is 15.6. The monoisotopic (exact) mass is 386 g/mol. The average molecular weight is 386 g/mol. The number of aromatic hydroxyl groups is 1. The average Bonchev–Trinajstić information content (AvgIpc) is 3.24. The molecule has 0 fully saturated rings. The summed E-state index contributed by atoms with van der Waals surface area (Å²) < 4.78 is 5.05. The highest BCUT2D eigenvalue weighted by atomic mass is 16.5. The molecule has 7 nitrogen and oxygen atoms in total. The molecule has 0 saturated heterocycles. The number of benzene rings is 3. The number of aromatic nitrogens is 2. The summed E-state index contributed by atoms with van der Waals surface area (Å²) in [5.74, 6) is -0.0494. The van der Waals surface area contributed by atoms with Gasteiger partial charge in [0.2, 0.25) is 0 Å². The largest absolute Gasteiger partial charge is 0.504 e. The number of H-pyrrole nitrogens is 1. The Kier molecular flexibility index (Phi) is 4.94. The van der Waals surface area contributed by atoms with E-state index in [1.165, 1.54) is 19.4 Å². The van der Waals surface area contributed by atoms with Gasteiger partial charge in [-0.3, -0.25) is 9.89 Å². The van der Waals surface area contributed by atoms with Crippen LogP contribution in [0.4, 0.5) is 0 Å². The first-order valence-electron chi connectivity index (χ1n) is 8.89. The summed E-state index contributed by atoms with van der Waals surface area (Å²) in [7, 11) is 1.46. The summed E-state index contributed by atoms with van der Waals surface area (Å²) in [5, 5.41) is 22.8. The predicted octanol–water partition coefficient (Wildman–Crippen LogP) is 3.71. The first-order chi connectivity index (χ1) is 14.2. The van der Waals surface area contributed by atoms with E-state index < -0.39 is 5.91 Å². The molecule has 0 saturated carbocycles. The molecule has 1 aromatic heterocycles. The number of fused-ring (bicyclic) bond motifs is 1. The molecule has 1 heterocycles. The third kappa shape index (κ3) is 3.79. The van der Waals surface area contributed by atoms with Crippen LogP contribution in [0.15, 0.2) is 71.8 Å². The number of hydrogen-bond acceptors (Lipinski definition) is 5. The molecule has 0 aliphatic carbocycles. The lowest BCUT2D eigenvalue weighted by Crippen LogP contribution is -2.18. The maximum absolute atomic E-state index is 12.4. The topological polar surface area (TPSA) is 99.6 Å². The Labute approximate surface area is 166 Å². The molecular formula is C22H18N4O3. The number of aromatic amines is 1. The number of carbonyl (C=O) groups is 1. The van der Waals surface area contributed by atoms with E-state index in [1.807, 2.05) is 42.5 Å². The van der Waals surface area contributed by atoms with E-state index in [4.69, 9.17) is 4.74 Å². The van der Waals surface area contributed by atoms with Crippen LogP contribution in [0.5, 0.6) is 11.5 Å². The number of phenolic OH excluding ortho intramolecular Hbond substituents is 1. The second-order valence-corrected chi connectivity index (χ2v) is 6.32. The third-order valence-corrected chi connectivity index (χ3v) is 4.47. The Morgan fingerprint density at radius 1 is 1.14 bits per heavy atom. The molecule has 4 rings (SSSR count). The fourth-order valence-corrected chi connectivity index (χ4v) is 3.02. The van der Waals surface area contributed by atoms with E-state index in [0.717, 1.165) is 16.3 Å². The van der Waals surface area contributed by atoms with Crippen LogP contribution in [0.2, 0.25) is 0 Å². The zero-order chi connectivity index (χ0) is 20.2. The number of ether oxygens (including phenoxy) is 1. The minimum absolute atomic E-state index is 0.0344. The van der Waals surface area contributed by atoms with Gasteiger partial charge in [-0.2, -0.15) is 10.2 Å². The maximum atomic E-state index is 12.4. The van der Waals surface area contributed by atoms with Crippen molar-refractivity contribution in [1.29, 1.82) is 0 Å². The van der Waals surface area contributed by atoms with Crippen molar-refractivity contribution >= 4 is 22.9 Å². The Balaban J connectivity index is 1.50. The summed E-state index contributed by atoms with van der Waals surface area (Å²) in [6.45, 7) is 0. The van der Waals surface area contributed by atoms with Crippen LogP contribution in [-0.2, 0) is 0 Å². The molecule has 0 radical (unpaired) electrons. The van der Waals surface area contributed by atoms with E-state index in [1.54, 1.807) is 18.2 Å². The molecule has 7 heteroatoms. The summed E-state index contributed by atoms with van der Waals surface area (Å²) in [6, 6.07) is 20.4. The van der Waals surface area contributed by atoms with Crippen molar-refractivity contribution < 1.29 is 14.6 Å². The highest BCUT2D eigenvalue weighted by Crippen LogP contribution is 2.27. The van der Waals surface area contributed by atoms with Crippen molar-refractivity contribution in [2.24, 2.45) is 5.10 Å². The second-order valence-electron chi connectivity index (χ2n) is 6.32. The lowest BCUT2D eigenvalue weighted by Gasteiger charge is -2.03. The van der Waals surface area contributed by atoms with Gasteiger partial charge in [-0.1, -0.05) is 42.5 Å². The van der Waals surface area contributed by atoms with Crippen LogP contribution < -0.4 is 10.2 Å². The zero-order valence-electron chi connectivity index (χ0n) is 15.6. The number of nitrogens with zero attached hydrogens (tertiary/aromatic N) is 2. The number of nitrogens with one attached hydrogen (secondary N) is 2. The molecule has 0 atom stereocenters. The van der Waals surface area contributed by atoms with Crippen molar-refractivity contribution in [1.82, 2.24) is 15.6 Å². The molecule has 0 spiro atoms. The number of rotatable bonds is 5. The highest BCUT2D eigenvalue weighted by molar-refractivity contribution is 5.98. The van der Waals surface area contributed by atoms with Crippen molar-refractivity contribution in [3.05, 3.63) is 78.0 Å². The molecule has 0 aliphatic heterocycles. The van der Waals surface area contributed by atoms with E-state index in [9.17, 15) is 9.90 Å². The van der Waals surface area contributed by atoms with Crippen LogP contribution >= 0.6 is 0 Å². The molecule has 0 aliphatic rings. The molecule has 1 amide bonds. The minimum Gasteiger partial charge on any atom is -0.504 e. The number of methoxy groups -OCH3 is 1. The van der Waals surface area contributed by atoms with Crippen LogP contribution in [-0.4, -0.2) is 34.5 Å². The number of hydrogen-bond donors (Lipinski definition) is 3. The van der Waals surface area contributed by atoms with Gasteiger partial charge in [0.15, 0.2) is 11.5 Å². The fraction of sp³-hybridized carbons (Fsp3) is 0.0455. The van der Waals surface area contributed by atoms with Gasteiger partial charge in [0.05, 0.1) is 19.0 Å². The molecule has 3 aromatic carbocycles. The van der Waals surface area contributed by atoms with Crippen molar-refractivity contribution in [3.8, 4) is 22.8 Å². The molecule has 3 N–H and O–H groups in total. The smallest absolute Gasteiger partial charge is 0.289 e. The molecule has 0 bridgehead atoms. The summed E-state index contributed by atoms with van der Waals surface area (Å²) in [4.78, 5) is 12.4. The first-order valence-corrected chi connectivity index (χ1v) is 8.89. The summed E-state index contributed by atoms with van der Waals surface area (Å²) >= 11 is 0. The van der Waals surface area contributed by atoms with Gasteiger partial charge >= 0.3 is 0 Å². The van der Waals surface area contributed by atoms with Crippen LogP contribution in [0.25, 0.3) is 22.0 Å². The standard InChI is InChI=1S/C22H18N4O3/c1-29-21-11-14(9-10-20(21)27)13-23-26-22(28)19-12-18(24-25-19)17-8-4-6-15-5-2-3-7-16(15)17/h2-13,27H,1H3,(H,24,25)(H,26,28)/b23-13+. The molecule has 0 unspecified atom stereocenters. The van der Waals surface area contributed by atoms with E-state index in [0.29, 0.717) is 22.7 Å². The van der Waals surface area contributed by atoms with Gasteiger partial charge in [0.25, 0.3) is 5.91 Å². The van der Waals surface area contributed by atoms with Gasteiger partial charge in [-0.15, -0.1) is 0 Å². The maximum Gasteiger partial charge on any atom is 0.289 e. The lowest BCUT2D eigenvalue weighted by atomic mass is 10.0. The fourth-order valence-electron chi connectivity index (χ4n) is 3.02. The van der Waals surface area contributed by atoms with Gasteiger partial charge in [-0.05, 0) is 40.6 Å². The van der Waals surface area contributed by atoms with E-state index >= 15 is 0 Å². The van der Waals surface area contributed by atoms with E-state index in [2.05, 4.69) is 20.7 Å². The van der Waals surface area contributed by atoms with Crippen molar-refractivity contribution in [2.45, 2.75) is 0 Å². The van der Waals surface area contributed by atoms with Crippen LogP contribution in [0.1, 0.15) is 16.1 Å². The quantitative estimate of drug-likeness (QED) is 0.360. The summed E-state index contributed by atoms with van der Waals surface area (Å²) in [6.07, 6.45) is 1.46. The molecule has 29 heavy (non-hydrogen) atoms. The number of phenols is 1. The number of amides is 1. The molecule has 144 valence electrons. The van der Waals surface area contributed by atoms with Gasteiger partial charge in [0.1, 0.15) is 5.69 Å². The Bertz CT molecular complexity index is 1210. The number of carbonyl (C=O) groups excluding carboxylic acids is 1. The number of hydrazone groups is 1. The van der Waals surface area contributed by atoms with Crippen LogP contribution in [0, 0.1) is 0 Å². The Morgan fingerprint density at radius 3 is 2.83 bits per heavy atom. The van der Waals surface area contributed by atoms with Gasteiger partial charge in [0, 0.05) is 5.56 Å². The Hall–Kier alpha value is -4.13. The van der Waals surface area contributed by atoms with Gasteiger partial charge in [-0.25, -0.2) is 5.43 Å². The minimum atomic E-state index is -0.411. The normalized spacial score (nSPS) is 11.1. The second kappa shape index (κ2) is 7.85. The SMILES string of the molecule is COc1cc(/C=N/NC(=O)c2cc(-c3cccc4ccccc34)n[nH]2)ccc1O. The summed E-state index contributed by atoms with van der Waals surface area (Å²) in [5.41, 5.74) is 5.05. The van der Waals surface area contributed by atoms with Crippen LogP contribution in [0.3, 0.4) is 0 Å². The van der Waals surface area contributed by atoms with Gasteiger partial charge < -0.3 is 9.84 Å². The Morgan fingerprint density at radius 2 is 1.97 bits per heavy atom. The predicted molar refractivity (Wildman–Crippen MR) is 111 cm³/mol. The molecular weight excluding hydrogens is 368 g/mol.